The third-order valence-electron chi connectivity index (χ3n) is 3.59. The number of ether oxygens (including phenoxy) is 2. The van der Waals surface area contributed by atoms with E-state index in [1.165, 1.54) is 0 Å². The number of carbonyl (C=O) groups excluding carboxylic acids is 2. The molecule has 7 heteroatoms. The van der Waals surface area contributed by atoms with Gasteiger partial charge in [-0.05, 0) is 23.3 Å². The summed E-state index contributed by atoms with van der Waals surface area (Å²) in [5, 5.41) is 5.13. The number of nitrogens with two attached hydrogens (primary N) is 1. The standard InChI is InChI=1S/C19H23N3O4/c1-25-17-9-15(11-21-19(24)12-22-18(23)10-20)7-8-16(17)26-13-14-5-3-2-4-6-14/h2-9H,10-13,20H2,1H3,(H,21,24)(H,22,23). The summed E-state index contributed by atoms with van der Waals surface area (Å²) in [6, 6.07) is 15.3. The van der Waals surface area contributed by atoms with Crippen molar-refractivity contribution >= 4 is 11.8 Å². The van der Waals surface area contributed by atoms with Gasteiger partial charge in [0.15, 0.2) is 11.5 Å². The van der Waals surface area contributed by atoms with Gasteiger partial charge in [-0.15, -0.1) is 0 Å². The van der Waals surface area contributed by atoms with Crippen molar-refractivity contribution in [2.24, 2.45) is 5.73 Å². The maximum Gasteiger partial charge on any atom is 0.239 e. The van der Waals surface area contributed by atoms with Gasteiger partial charge in [0.1, 0.15) is 6.61 Å². The van der Waals surface area contributed by atoms with E-state index in [-0.39, 0.29) is 24.9 Å². The van der Waals surface area contributed by atoms with Crippen molar-refractivity contribution in [3.8, 4) is 11.5 Å². The molecule has 2 amide bonds. The zero-order valence-corrected chi connectivity index (χ0v) is 14.7. The van der Waals surface area contributed by atoms with Gasteiger partial charge in [0.25, 0.3) is 0 Å². The van der Waals surface area contributed by atoms with Gasteiger partial charge in [-0.3, -0.25) is 9.59 Å². The van der Waals surface area contributed by atoms with Crippen molar-refractivity contribution in [1.29, 1.82) is 0 Å². The normalized spacial score (nSPS) is 10.1. The number of hydrogen-bond acceptors (Lipinski definition) is 5. The molecule has 2 aromatic carbocycles. The van der Waals surface area contributed by atoms with Crippen molar-refractivity contribution in [2.45, 2.75) is 13.2 Å². The van der Waals surface area contributed by atoms with Crippen LogP contribution in [0.3, 0.4) is 0 Å². The van der Waals surface area contributed by atoms with Crippen molar-refractivity contribution in [1.82, 2.24) is 10.6 Å². The Hall–Kier alpha value is -3.06. The van der Waals surface area contributed by atoms with Gasteiger partial charge in [-0.25, -0.2) is 0 Å². The van der Waals surface area contributed by atoms with Crippen LogP contribution >= 0.6 is 0 Å². The fraction of sp³-hybridized carbons (Fsp3) is 0.263. The van der Waals surface area contributed by atoms with E-state index in [4.69, 9.17) is 15.2 Å². The Bertz CT molecular complexity index is 735. The molecule has 0 aliphatic rings. The Labute approximate surface area is 152 Å². The molecule has 0 saturated heterocycles. The molecule has 0 fully saturated rings. The number of hydrogen-bond donors (Lipinski definition) is 3. The first-order valence-electron chi connectivity index (χ1n) is 8.19. The second kappa shape index (κ2) is 10.0. The highest BCUT2D eigenvalue weighted by atomic mass is 16.5. The first kappa shape index (κ1) is 19.3. The highest BCUT2D eigenvalue weighted by Crippen LogP contribution is 2.28. The summed E-state index contributed by atoms with van der Waals surface area (Å²) in [6.07, 6.45) is 0. The number of rotatable bonds is 9. The lowest BCUT2D eigenvalue weighted by molar-refractivity contribution is -0.125. The molecular weight excluding hydrogens is 334 g/mol. The molecule has 2 rings (SSSR count). The minimum atomic E-state index is -0.373. The van der Waals surface area contributed by atoms with Crippen LogP contribution in [0.5, 0.6) is 11.5 Å². The Kier molecular flexibility index (Phi) is 7.45. The van der Waals surface area contributed by atoms with Crippen LogP contribution < -0.4 is 25.8 Å². The first-order chi connectivity index (χ1) is 12.6. The van der Waals surface area contributed by atoms with Crippen LogP contribution in [0.1, 0.15) is 11.1 Å². The van der Waals surface area contributed by atoms with Crippen molar-refractivity contribution in [2.75, 3.05) is 20.2 Å². The van der Waals surface area contributed by atoms with Gasteiger partial charge >= 0.3 is 0 Å². The minimum Gasteiger partial charge on any atom is -0.493 e. The average molecular weight is 357 g/mol. The molecule has 0 atom stereocenters. The van der Waals surface area contributed by atoms with E-state index in [2.05, 4.69) is 10.6 Å². The van der Waals surface area contributed by atoms with Gasteiger partial charge in [-0.1, -0.05) is 36.4 Å². The Morgan fingerprint density at radius 2 is 1.73 bits per heavy atom. The summed E-state index contributed by atoms with van der Waals surface area (Å²) in [4.78, 5) is 22.7. The van der Waals surface area contributed by atoms with Crippen molar-refractivity contribution < 1.29 is 19.1 Å². The predicted molar refractivity (Wildman–Crippen MR) is 97.7 cm³/mol. The molecule has 0 spiro atoms. The van der Waals surface area contributed by atoms with Crippen molar-refractivity contribution in [3.63, 3.8) is 0 Å². The number of methoxy groups -OCH3 is 1. The molecule has 7 nitrogen and oxygen atoms in total. The maximum absolute atomic E-state index is 11.7. The lowest BCUT2D eigenvalue weighted by Crippen LogP contribution is -2.39. The van der Waals surface area contributed by atoms with Crippen LogP contribution in [-0.2, 0) is 22.7 Å². The Morgan fingerprint density at radius 1 is 0.962 bits per heavy atom. The van der Waals surface area contributed by atoms with Crippen LogP contribution in [0.2, 0.25) is 0 Å². The van der Waals surface area contributed by atoms with E-state index in [9.17, 15) is 9.59 Å². The van der Waals surface area contributed by atoms with Crippen LogP contribution in [-0.4, -0.2) is 32.0 Å². The first-order valence-corrected chi connectivity index (χ1v) is 8.19. The molecule has 0 aromatic heterocycles. The second-order valence-corrected chi connectivity index (χ2v) is 5.52. The predicted octanol–water partition coefficient (Wildman–Crippen LogP) is 0.965. The van der Waals surface area contributed by atoms with Crippen LogP contribution in [0.25, 0.3) is 0 Å². The molecule has 0 aliphatic heterocycles. The van der Waals surface area contributed by atoms with Gasteiger partial charge in [0, 0.05) is 6.54 Å². The molecule has 0 heterocycles. The molecule has 26 heavy (non-hydrogen) atoms. The Balaban J connectivity index is 1.89. The third kappa shape index (κ3) is 6.10. The van der Waals surface area contributed by atoms with Gasteiger partial charge in [-0.2, -0.15) is 0 Å². The molecule has 4 N–H and O–H groups in total. The Morgan fingerprint density at radius 3 is 2.42 bits per heavy atom. The fourth-order valence-corrected chi connectivity index (χ4v) is 2.19. The highest BCUT2D eigenvalue weighted by molar-refractivity contribution is 5.85. The number of carbonyl (C=O) groups is 2. The summed E-state index contributed by atoms with van der Waals surface area (Å²) >= 11 is 0. The molecule has 0 unspecified atom stereocenters. The molecule has 0 radical (unpaired) electrons. The second-order valence-electron chi connectivity index (χ2n) is 5.52. The summed E-state index contributed by atoms with van der Waals surface area (Å²) in [7, 11) is 1.56. The SMILES string of the molecule is COc1cc(CNC(=O)CNC(=O)CN)ccc1OCc1ccccc1. The molecule has 138 valence electrons. The molecule has 2 aromatic rings. The maximum atomic E-state index is 11.7. The van der Waals surface area contributed by atoms with Gasteiger partial charge in [0.2, 0.25) is 11.8 Å². The lowest BCUT2D eigenvalue weighted by Gasteiger charge is -2.13. The lowest BCUT2D eigenvalue weighted by atomic mass is 10.2. The summed E-state index contributed by atoms with van der Waals surface area (Å²) in [5.74, 6) is 0.544. The number of nitrogens with one attached hydrogen (secondary N) is 2. The number of benzene rings is 2. The summed E-state index contributed by atoms with van der Waals surface area (Å²) in [5.41, 5.74) is 7.08. The van der Waals surface area contributed by atoms with E-state index >= 15 is 0 Å². The zero-order valence-electron chi connectivity index (χ0n) is 14.7. The third-order valence-corrected chi connectivity index (χ3v) is 3.59. The topological polar surface area (TPSA) is 103 Å². The van der Waals surface area contributed by atoms with Crippen LogP contribution in [0.15, 0.2) is 48.5 Å². The van der Waals surface area contributed by atoms with E-state index in [0.29, 0.717) is 24.7 Å². The molecule has 0 bridgehead atoms. The molecule has 0 aliphatic carbocycles. The quantitative estimate of drug-likeness (QED) is 0.620. The van der Waals surface area contributed by atoms with E-state index in [1.807, 2.05) is 36.4 Å². The summed E-state index contributed by atoms with van der Waals surface area (Å²) < 4.78 is 11.2. The van der Waals surface area contributed by atoms with E-state index in [1.54, 1.807) is 19.2 Å². The largest absolute Gasteiger partial charge is 0.493 e. The smallest absolute Gasteiger partial charge is 0.239 e. The van der Waals surface area contributed by atoms with Crippen molar-refractivity contribution in [3.05, 3.63) is 59.7 Å². The average Bonchev–Trinajstić information content (AvgIpc) is 2.69. The van der Waals surface area contributed by atoms with Crippen LogP contribution in [0, 0.1) is 0 Å². The van der Waals surface area contributed by atoms with E-state index in [0.717, 1.165) is 11.1 Å². The molecular formula is C19H23N3O4. The van der Waals surface area contributed by atoms with Gasteiger partial charge in [0.05, 0.1) is 20.2 Å². The van der Waals surface area contributed by atoms with E-state index < -0.39 is 0 Å². The molecule has 0 saturated carbocycles. The van der Waals surface area contributed by atoms with Gasteiger partial charge < -0.3 is 25.8 Å². The monoisotopic (exact) mass is 357 g/mol. The fourth-order valence-electron chi connectivity index (χ4n) is 2.19. The highest BCUT2D eigenvalue weighted by Gasteiger charge is 2.08. The zero-order chi connectivity index (χ0) is 18.8. The summed E-state index contributed by atoms with van der Waals surface area (Å²) in [6.45, 7) is 0.501. The minimum absolute atomic E-state index is 0.106. The van der Waals surface area contributed by atoms with Crippen LogP contribution in [0.4, 0.5) is 0 Å². The number of amides is 2.